The molecule has 0 spiro atoms. The van der Waals surface area contributed by atoms with Gasteiger partial charge in [-0.1, -0.05) is 5.21 Å². The highest BCUT2D eigenvalue weighted by Gasteiger charge is 2.16. The lowest BCUT2D eigenvalue weighted by molar-refractivity contribution is -0.121. The van der Waals surface area contributed by atoms with E-state index in [4.69, 9.17) is 5.11 Å². The molecule has 0 bridgehead atoms. The number of ketones is 1. The summed E-state index contributed by atoms with van der Waals surface area (Å²) in [6, 6.07) is 0. The number of nitrogens with zero attached hydrogens (tertiary/aromatic N) is 4. The Kier molecular flexibility index (Phi) is 3.48. The van der Waals surface area contributed by atoms with Gasteiger partial charge in [0.1, 0.15) is 5.78 Å². The third kappa shape index (κ3) is 3.10. The molecule has 2 rings (SSSR count). The van der Waals surface area contributed by atoms with Crippen LogP contribution in [0.4, 0.5) is 0 Å². The summed E-state index contributed by atoms with van der Waals surface area (Å²) in [5.41, 5.74) is -0.0428. The topological polar surface area (TPSA) is 88.3 Å². The van der Waals surface area contributed by atoms with Crippen molar-refractivity contribution in [2.75, 3.05) is 19.6 Å². The molecular weight excluding hydrogens is 224 g/mol. The number of aromatic nitrogens is 3. The molecule has 92 valence electrons. The molecule has 0 aliphatic carbocycles. The molecule has 0 atom stereocenters. The first kappa shape index (κ1) is 11.7. The summed E-state index contributed by atoms with van der Waals surface area (Å²) < 4.78 is 1.51. The van der Waals surface area contributed by atoms with Crippen LogP contribution in [0.5, 0.6) is 0 Å². The van der Waals surface area contributed by atoms with Crippen molar-refractivity contribution in [1.29, 1.82) is 0 Å². The molecule has 1 saturated heterocycles. The van der Waals surface area contributed by atoms with Gasteiger partial charge in [0.2, 0.25) is 0 Å². The predicted octanol–water partition coefficient (Wildman–Crippen LogP) is -0.359. The quantitative estimate of drug-likeness (QED) is 0.770. The molecule has 7 heteroatoms. The first-order valence-electron chi connectivity index (χ1n) is 5.52. The number of piperidine rings is 1. The summed E-state index contributed by atoms with van der Waals surface area (Å²) in [4.78, 5) is 23.8. The molecule has 0 radical (unpaired) electrons. The van der Waals surface area contributed by atoms with E-state index in [0.717, 1.165) is 19.6 Å². The lowest BCUT2D eigenvalue weighted by Crippen LogP contribution is -2.36. The molecule has 2 heterocycles. The maximum absolute atomic E-state index is 11.0. The van der Waals surface area contributed by atoms with Gasteiger partial charge in [0, 0.05) is 32.5 Å². The molecule has 7 nitrogen and oxygen atoms in total. The zero-order chi connectivity index (χ0) is 12.3. The summed E-state index contributed by atoms with van der Waals surface area (Å²) in [6.07, 6.45) is 2.63. The van der Waals surface area contributed by atoms with E-state index in [1.165, 1.54) is 10.9 Å². The summed E-state index contributed by atoms with van der Waals surface area (Å²) >= 11 is 0. The highest BCUT2D eigenvalue weighted by atomic mass is 16.4. The van der Waals surface area contributed by atoms with E-state index in [1.54, 1.807) is 0 Å². The molecule has 0 amide bonds. The van der Waals surface area contributed by atoms with E-state index in [0.29, 0.717) is 25.2 Å². The number of carboxylic acids is 1. The molecule has 1 aromatic rings. The maximum atomic E-state index is 11.0. The number of aromatic carboxylic acids is 1. The number of rotatable bonds is 4. The van der Waals surface area contributed by atoms with Crippen molar-refractivity contribution in [3.05, 3.63) is 11.9 Å². The van der Waals surface area contributed by atoms with E-state index in [1.807, 2.05) is 0 Å². The number of hydrogen-bond donors (Lipinski definition) is 1. The Morgan fingerprint density at radius 2 is 2.06 bits per heavy atom. The van der Waals surface area contributed by atoms with Gasteiger partial charge >= 0.3 is 5.97 Å². The van der Waals surface area contributed by atoms with Gasteiger partial charge in [0.25, 0.3) is 0 Å². The van der Waals surface area contributed by atoms with Crippen molar-refractivity contribution in [2.24, 2.45) is 0 Å². The number of carboxylic acid groups (broad SMARTS) is 1. The van der Waals surface area contributed by atoms with Crippen LogP contribution >= 0.6 is 0 Å². The standard InChI is InChI=1S/C10H14N4O3/c15-8-1-3-13(4-2-8)5-6-14-7-9(10(16)17)11-12-14/h7H,1-6H2,(H,16,17). The first-order chi connectivity index (χ1) is 8.15. The van der Waals surface area contributed by atoms with Crippen LogP contribution < -0.4 is 0 Å². The fourth-order valence-electron chi connectivity index (χ4n) is 1.78. The molecule has 1 aliphatic heterocycles. The molecular formula is C10H14N4O3. The van der Waals surface area contributed by atoms with Crippen molar-refractivity contribution >= 4 is 11.8 Å². The van der Waals surface area contributed by atoms with Crippen molar-refractivity contribution in [1.82, 2.24) is 19.9 Å². The Bertz CT molecular complexity index is 419. The van der Waals surface area contributed by atoms with Crippen molar-refractivity contribution in [3.63, 3.8) is 0 Å². The summed E-state index contributed by atoms with van der Waals surface area (Å²) in [5.74, 6) is -0.755. The Hall–Kier alpha value is -1.76. The average molecular weight is 238 g/mol. The maximum Gasteiger partial charge on any atom is 0.358 e. The van der Waals surface area contributed by atoms with Crippen LogP contribution in [0.15, 0.2) is 6.20 Å². The molecule has 0 aromatic carbocycles. The highest BCUT2D eigenvalue weighted by Crippen LogP contribution is 2.05. The number of hydrogen-bond acceptors (Lipinski definition) is 5. The second kappa shape index (κ2) is 5.05. The lowest BCUT2D eigenvalue weighted by atomic mass is 10.1. The minimum Gasteiger partial charge on any atom is -0.476 e. The van der Waals surface area contributed by atoms with Gasteiger partial charge in [-0.15, -0.1) is 5.10 Å². The van der Waals surface area contributed by atoms with Gasteiger partial charge in [-0.05, 0) is 0 Å². The number of carbonyl (C=O) groups is 2. The highest BCUT2D eigenvalue weighted by molar-refractivity contribution is 5.84. The van der Waals surface area contributed by atoms with Crippen molar-refractivity contribution in [3.8, 4) is 0 Å². The Balaban J connectivity index is 1.81. The third-order valence-corrected chi connectivity index (χ3v) is 2.82. The molecule has 1 aromatic heterocycles. The fraction of sp³-hybridized carbons (Fsp3) is 0.600. The molecule has 1 fully saturated rings. The van der Waals surface area contributed by atoms with Gasteiger partial charge < -0.3 is 10.0 Å². The minimum absolute atomic E-state index is 0.0428. The molecule has 1 aliphatic rings. The van der Waals surface area contributed by atoms with E-state index in [-0.39, 0.29) is 5.69 Å². The molecule has 0 saturated carbocycles. The monoisotopic (exact) mass is 238 g/mol. The van der Waals surface area contributed by atoms with Crippen LogP contribution in [-0.4, -0.2) is 56.4 Å². The van der Waals surface area contributed by atoms with Crippen molar-refractivity contribution < 1.29 is 14.7 Å². The number of likely N-dealkylation sites (tertiary alicyclic amines) is 1. The third-order valence-electron chi connectivity index (χ3n) is 2.82. The van der Waals surface area contributed by atoms with Gasteiger partial charge in [-0.3, -0.25) is 9.48 Å². The van der Waals surface area contributed by atoms with Gasteiger partial charge in [-0.2, -0.15) is 0 Å². The van der Waals surface area contributed by atoms with E-state index in [2.05, 4.69) is 15.2 Å². The Labute approximate surface area is 98.0 Å². The van der Waals surface area contributed by atoms with Crippen LogP contribution in [-0.2, 0) is 11.3 Å². The normalized spacial score (nSPS) is 17.3. The second-order valence-electron chi connectivity index (χ2n) is 4.05. The zero-order valence-corrected chi connectivity index (χ0v) is 9.37. The summed E-state index contributed by atoms with van der Waals surface area (Å²) in [7, 11) is 0. The second-order valence-corrected chi connectivity index (χ2v) is 4.05. The minimum atomic E-state index is -1.07. The fourth-order valence-corrected chi connectivity index (χ4v) is 1.78. The first-order valence-corrected chi connectivity index (χ1v) is 5.52. The molecule has 1 N–H and O–H groups in total. The van der Waals surface area contributed by atoms with Crippen LogP contribution in [0.1, 0.15) is 23.3 Å². The average Bonchev–Trinajstić information content (AvgIpc) is 2.77. The predicted molar refractivity (Wildman–Crippen MR) is 57.7 cm³/mol. The smallest absolute Gasteiger partial charge is 0.358 e. The lowest BCUT2D eigenvalue weighted by Gasteiger charge is -2.25. The number of Topliss-reactive ketones (excluding diaryl/α,β-unsaturated/α-hetero) is 1. The summed E-state index contributed by atoms with van der Waals surface area (Å²) in [5, 5.41) is 15.9. The van der Waals surface area contributed by atoms with E-state index < -0.39 is 5.97 Å². The van der Waals surface area contributed by atoms with Gasteiger partial charge in [-0.25, -0.2) is 4.79 Å². The summed E-state index contributed by atoms with van der Waals surface area (Å²) in [6.45, 7) is 2.91. The van der Waals surface area contributed by atoms with Gasteiger partial charge in [0.15, 0.2) is 5.69 Å². The number of carbonyl (C=O) groups excluding carboxylic acids is 1. The Morgan fingerprint density at radius 1 is 1.35 bits per heavy atom. The van der Waals surface area contributed by atoms with Crippen LogP contribution in [0, 0.1) is 0 Å². The molecule has 17 heavy (non-hydrogen) atoms. The zero-order valence-electron chi connectivity index (χ0n) is 9.37. The van der Waals surface area contributed by atoms with E-state index >= 15 is 0 Å². The van der Waals surface area contributed by atoms with Crippen LogP contribution in [0.25, 0.3) is 0 Å². The van der Waals surface area contributed by atoms with Crippen LogP contribution in [0.2, 0.25) is 0 Å². The van der Waals surface area contributed by atoms with Crippen molar-refractivity contribution in [2.45, 2.75) is 19.4 Å². The van der Waals surface area contributed by atoms with E-state index in [9.17, 15) is 9.59 Å². The largest absolute Gasteiger partial charge is 0.476 e. The SMILES string of the molecule is O=C1CCN(CCn2cc(C(=O)O)nn2)CC1. The van der Waals surface area contributed by atoms with Gasteiger partial charge in [0.05, 0.1) is 12.7 Å². The van der Waals surface area contributed by atoms with Crippen LogP contribution in [0.3, 0.4) is 0 Å². The Morgan fingerprint density at radius 3 is 2.65 bits per heavy atom. The molecule has 0 unspecified atom stereocenters.